The van der Waals surface area contributed by atoms with Gasteiger partial charge in [0.15, 0.2) is 0 Å². The van der Waals surface area contributed by atoms with E-state index in [1.54, 1.807) is 17.4 Å². The largest absolute Gasteiger partial charge is 0.399 e. The van der Waals surface area contributed by atoms with Crippen LogP contribution in [0.5, 0.6) is 0 Å². The van der Waals surface area contributed by atoms with Crippen LogP contribution in [0.1, 0.15) is 4.88 Å². The van der Waals surface area contributed by atoms with Crippen LogP contribution in [0.4, 0.5) is 11.4 Å². The highest BCUT2D eigenvalue weighted by atomic mass is 32.1. The summed E-state index contributed by atoms with van der Waals surface area (Å²) in [5.74, 6) is 0. The van der Waals surface area contributed by atoms with Crippen LogP contribution in [0.25, 0.3) is 10.4 Å². The van der Waals surface area contributed by atoms with E-state index < -0.39 is 0 Å². The number of hydrogen-bond donors (Lipinski definition) is 2. The monoisotopic (exact) mass is 204 g/mol. The minimum Gasteiger partial charge on any atom is -0.399 e. The van der Waals surface area contributed by atoms with Crippen molar-refractivity contribution < 1.29 is 0 Å². The molecule has 0 aliphatic heterocycles. The lowest BCUT2D eigenvalue weighted by Crippen LogP contribution is -1.91. The van der Waals surface area contributed by atoms with E-state index >= 15 is 0 Å². The maximum absolute atomic E-state index is 5.89. The van der Waals surface area contributed by atoms with E-state index in [0.717, 1.165) is 11.3 Å². The van der Waals surface area contributed by atoms with Gasteiger partial charge in [0.1, 0.15) is 0 Å². The Morgan fingerprint density at radius 2 is 1.86 bits per heavy atom. The van der Waals surface area contributed by atoms with Gasteiger partial charge in [-0.05, 0) is 37.3 Å². The third-order valence-corrected chi connectivity index (χ3v) is 3.12. The zero-order valence-corrected chi connectivity index (χ0v) is 8.77. The summed E-state index contributed by atoms with van der Waals surface area (Å²) in [5, 5.41) is 0. The van der Waals surface area contributed by atoms with Gasteiger partial charge in [0, 0.05) is 26.7 Å². The van der Waals surface area contributed by atoms with Gasteiger partial charge < -0.3 is 11.5 Å². The average Bonchev–Trinajstić information content (AvgIpc) is 2.51. The second kappa shape index (κ2) is 3.35. The first-order valence-electron chi connectivity index (χ1n) is 4.38. The molecule has 0 aliphatic carbocycles. The van der Waals surface area contributed by atoms with E-state index in [1.807, 2.05) is 12.1 Å². The van der Waals surface area contributed by atoms with Crippen molar-refractivity contribution in [2.75, 3.05) is 11.5 Å². The molecule has 0 saturated heterocycles. The van der Waals surface area contributed by atoms with E-state index in [1.165, 1.54) is 9.75 Å². The zero-order chi connectivity index (χ0) is 10.1. The molecule has 2 nitrogen and oxygen atoms in total. The second-order valence-electron chi connectivity index (χ2n) is 3.26. The Labute approximate surface area is 87.2 Å². The summed E-state index contributed by atoms with van der Waals surface area (Å²) in [6.45, 7) is 2.08. The topological polar surface area (TPSA) is 52.0 Å². The van der Waals surface area contributed by atoms with Crippen molar-refractivity contribution in [1.29, 1.82) is 0 Å². The minimum atomic E-state index is 0.708. The molecule has 0 amide bonds. The van der Waals surface area contributed by atoms with E-state index in [9.17, 15) is 0 Å². The number of hydrogen-bond acceptors (Lipinski definition) is 3. The molecule has 0 aliphatic rings. The molecule has 1 aromatic carbocycles. The fraction of sp³-hybridized carbons (Fsp3) is 0.0909. The number of nitrogens with two attached hydrogens (primary N) is 2. The highest BCUT2D eigenvalue weighted by molar-refractivity contribution is 7.15. The molecule has 1 aromatic heterocycles. The quantitative estimate of drug-likeness (QED) is 0.702. The van der Waals surface area contributed by atoms with Gasteiger partial charge in [-0.25, -0.2) is 0 Å². The number of nitrogen functional groups attached to an aromatic ring is 2. The van der Waals surface area contributed by atoms with Gasteiger partial charge in [-0.3, -0.25) is 0 Å². The highest BCUT2D eigenvalue weighted by Crippen LogP contribution is 2.32. The molecule has 0 bridgehead atoms. The highest BCUT2D eigenvalue weighted by Gasteiger charge is 2.04. The van der Waals surface area contributed by atoms with Crippen LogP contribution < -0.4 is 11.5 Å². The van der Waals surface area contributed by atoms with Gasteiger partial charge in [-0.15, -0.1) is 11.3 Å². The number of rotatable bonds is 1. The molecule has 0 radical (unpaired) electrons. The van der Waals surface area contributed by atoms with Gasteiger partial charge in [-0.2, -0.15) is 0 Å². The average molecular weight is 204 g/mol. The smallest absolute Gasteiger partial charge is 0.0422 e. The third-order valence-electron chi connectivity index (χ3n) is 2.08. The Balaban J connectivity index is 2.52. The first kappa shape index (κ1) is 9.09. The summed E-state index contributed by atoms with van der Waals surface area (Å²) in [6, 6.07) is 9.82. The first-order chi connectivity index (χ1) is 6.66. The first-order valence-corrected chi connectivity index (χ1v) is 5.20. The predicted molar refractivity (Wildman–Crippen MR) is 63.3 cm³/mol. The number of benzene rings is 1. The SMILES string of the molecule is Cc1ccc(-c2ccc(N)cc2N)s1. The van der Waals surface area contributed by atoms with Crippen molar-refractivity contribution in [2.45, 2.75) is 6.92 Å². The summed E-state index contributed by atoms with van der Waals surface area (Å²) in [7, 11) is 0. The lowest BCUT2D eigenvalue weighted by Gasteiger charge is -2.03. The number of aryl methyl sites for hydroxylation is 1. The molecule has 0 atom stereocenters. The molecule has 2 rings (SSSR count). The zero-order valence-electron chi connectivity index (χ0n) is 7.95. The lowest BCUT2D eigenvalue weighted by atomic mass is 10.1. The van der Waals surface area contributed by atoms with E-state index in [4.69, 9.17) is 11.5 Å². The Bertz CT molecular complexity index is 460. The van der Waals surface area contributed by atoms with Crippen LogP contribution in [-0.4, -0.2) is 0 Å². The number of thiophene rings is 1. The summed E-state index contributed by atoms with van der Waals surface area (Å²) < 4.78 is 0. The van der Waals surface area contributed by atoms with Crippen molar-refractivity contribution in [3.05, 3.63) is 35.2 Å². The van der Waals surface area contributed by atoms with Crippen LogP contribution in [0, 0.1) is 6.92 Å². The summed E-state index contributed by atoms with van der Waals surface area (Å²) >= 11 is 1.74. The fourth-order valence-electron chi connectivity index (χ4n) is 1.38. The van der Waals surface area contributed by atoms with Crippen LogP contribution >= 0.6 is 11.3 Å². The molecule has 0 spiro atoms. The second-order valence-corrected chi connectivity index (χ2v) is 4.54. The maximum atomic E-state index is 5.89. The van der Waals surface area contributed by atoms with E-state index in [0.29, 0.717) is 5.69 Å². The summed E-state index contributed by atoms with van der Waals surface area (Å²) in [6.07, 6.45) is 0. The third kappa shape index (κ3) is 1.59. The molecule has 72 valence electrons. The Morgan fingerprint density at radius 3 is 2.43 bits per heavy atom. The normalized spacial score (nSPS) is 10.4. The van der Waals surface area contributed by atoms with Gasteiger partial charge in [0.2, 0.25) is 0 Å². The predicted octanol–water partition coefficient (Wildman–Crippen LogP) is 2.89. The molecule has 14 heavy (non-hydrogen) atoms. The molecular formula is C11H12N2S. The molecular weight excluding hydrogens is 192 g/mol. The minimum absolute atomic E-state index is 0.708. The molecule has 0 saturated carbocycles. The Hall–Kier alpha value is -1.48. The van der Waals surface area contributed by atoms with E-state index in [2.05, 4.69) is 19.1 Å². The molecule has 0 unspecified atom stereocenters. The van der Waals surface area contributed by atoms with Crippen LogP contribution in [0.15, 0.2) is 30.3 Å². The van der Waals surface area contributed by atoms with Gasteiger partial charge in [0.25, 0.3) is 0 Å². The van der Waals surface area contributed by atoms with Crippen LogP contribution in [0.3, 0.4) is 0 Å². The molecule has 2 aromatic rings. The van der Waals surface area contributed by atoms with Crippen molar-refractivity contribution in [3.8, 4) is 10.4 Å². The molecule has 0 fully saturated rings. The van der Waals surface area contributed by atoms with E-state index in [-0.39, 0.29) is 0 Å². The standard InChI is InChI=1S/C11H12N2S/c1-7-2-5-11(14-7)9-4-3-8(12)6-10(9)13/h2-6H,12-13H2,1H3. The fourth-order valence-corrected chi connectivity index (χ4v) is 2.30. The Morgan fingerprint density at radius 1 is 1.07 bits per heavy atom. The summed E-state index contributed by atoms with van der Waals surface area (Å²) in [5.41, 5.74) is 14.0. The van der Waals surface area contributed by atoms with Crippen LogP contribution in [-0.2, 0) is 0 Å². The van der Waals surface area contributed by atoms with Gasteiger partial charge >= 0.3 is 0 Å². The Kier molecular flexibility index (Phi) is 2.17. The van der Waals surface area contributed by atoms with Gasteiger partial charge in [-0.1, -0.05) is 0 Å². The van der Waals surface area contributed by atoms with Crippen LogP contribution in [0.2, 0.25) is 0 Å². The van der Waals surface area contributed by atoms with Gasteiger partial charge in [0.05, 0.1) is 0 Å². The molecule has 4 N–H and O–H groups in total. The summed E-state index contributed by atoms with van der Waals surface area (Å²) in [4.78, 5) is 2.48. The van der Waals surface area contributed by atoms with Crippen molar-refractivity contribution >= 4 is 22.7 Å². The lowest BCUT2D eigenvalue weighted by molar-refractivity contribution is 1.64. The number of anilines is 2. The van der Waals surface area contributed by atoms with Crippen molar-refractivity contribution in [2.24, 2.45) is 0 Å². The van der Waals surface area contributed by atoms with Crippen molar-refractivity contribution in [3.63, 3.8) is 0 Å². The molecule has 3 heteroatoms. The maximum Gasteiger partial charge on any atom is 0.0422 e. The molecule has 1 heterocycles. The van der Waals surface area contributed by atoms with Crippen molar-refractivity contribution in [1.82, 2.24) is 0 Å².